The molecule has 4 nitrogen and oxygen atoms in total. The van der Waals surface area contributed by atoms with E-state index in [4.69, 9.17) is 4.74 Å². The van der Waals surface area contributed by atoms with Gasteiger partial charge in [0.25, 0.3) is 0 Å². The van der Waals surface area contributed by atoms with Crippen LogP contribution in [-0.4, -0.2) is 28.9 Å². The Morgan fingerprint density at radius 3 is 2.12 bits per heavy atom. The lowest BCUT2D eigenvalue weighted by Crippen LogP contribution is -2.45. The fraction of sp³-hybridized carbons (Fsp3) is 0.917. The minimum absolute atomic E-state index is 0.255. The number of hydrogen-bond donors (Lipinski definition) is 2. The maximum Gasteiger partial charge on any atom is 0.407 e. The average molecular weight is 231 g/mol. The van der Waals surface area contributed by atoms with E-state index in [1.54, 1.807) is 6.92 Å². The standard InChI is InChI=1S/C12H25NO3/c1-8(2)7-10(9(3)14)13-11(15)16-12(4,5)6/h8-10,14H,7H2,1-6H3,(H,13,15)/t9-,10-/m1/s1. The highest BCUT2D eigenvalue weighted by Gasteiger charge is 2.22. The molecule has 0 bridgehead atoms. The number of carbonyl (C=O) groups is 1. The summed E-state index contributed by atoms with van der Waals surface area (Å²) in [6.45, 7) is 11.2. The number of rotatable bonds is 4. The highest BCUT2D eigenvalue weighted by atomic mass is 16.6. The fourth-order valence-electron chi connectivity index (χ4n) is 1.34. The van der Waals surface area contributed by atoms with Crippen molar-refractivity contribution in [1.82, 2.24) is 5.32 Å². The van der Waals surface area contributed by atoms with Gasteiger partial charge in [0, 0.05) is 0 Å². The van der Waals surface area contributed by atoms with Crippen LogP contribution in [0.15, 0.2) is 0 Å². The third kappa shape index (κ3) is 7.51. The average Bonchev–Trinajstić information content (AvgIpc) is 1.97. The molecule has 0 heterocycles. The van der Waals surface area contributed by atoms with Crippen LogP contribution in [0.3, 0.4) is 0 Å². The number of alkyl carbamates (subject to hydrolysis) is 1. The number of amides is 1. The van der Waals surface area contributed by atoms with E-state index in [9.17, 15) is 9.90 Å². The van der Waals surface area contributed by atoms with Gasteiger partial charge in [-0.25, -0.2) is 4.79 Å². The van der Waals surface area contributed by atoms with Crippen molar-refractivity contribution in [2.45, 2.75) is 65.7 Å². The second-order valence-electron chi connectivity index (χ2n) is 5.62. The Bertz CT molecular complexity index is 219. The smallest absolute Gasteiger partial charge is 0.407 e. The number of hydrogen-bond acceptors (Lipinski definition) is 3. The van der Waals surface area contributed by atoms with Crippen molar-refractivity contribution in [3.8, 4) is 0 Å². The molecule has 0 aromatic heterocycles. The van der Waals surface area contributed by atoms with Crippen LogP contribution >= 0.6 is 0 Å². The van der Waals surface area contributed by atoms with Crippen LogP contribution in [0, 0.1) is 5.92 Å². The monoisotopic (exact) mass is 231 g/mol. The van der Waals surface area contributed by atoms with Gasteiger partial charge in [-0.3, -0.25) is 0 Å². The molecule has 0 spiro atoms. The zero-order chi connectivity index (χ0) is 12.9. The minimum atomic E-state index is -0.574. The van der Waals surface area contributed by atoms with E-state index in [0.717, 1.165) is 6.42 Å². The molecule has 0 radical (unpaired) electrons. The van der Waals surface area contributed by atoms with Crippen molar-refractivity contribution in [2.24, 2.45) is 5.92 Å². The zero-order valence-corrected chi connectivity index (χ0v) is 11.2. The Morgan fingerprint density at radius 1 is 1.31 bits per heavy atom. The molecule has 0 aliphatic rings. The van der Waals surface area contributed by atoms with E-state index in [2.05, 4.69) is 5.32 Å². The predicted octanol–water partition coefficient (Wildman–Crippen LogP) is 2.31. The summed E-state index contributed by atoms with van der Waals surface area (Å²) in [4.78, 5) is 11.5. The molecule has 0 fully saturated rings. The van der Waals surface area contributed by atoms with Crippen LogP contribution in [-0.2, 0) is 4.74 Å². The maximum atomic E-state index is 11.5. The number of ether oxygens (including phenoxy) is 1. The summed E-state index contributed by atoms with van der Waals surface area (Å²) in [6, 6.07) is -0.255. The topological polar surface area (TPSA) is 58.6 Å². The van der Waals surface area contributed by atoms with E-state index >= 15 is 0 Å². The largest absolute Gasteiger partial charge is 0.444 e. The molecule has 1 amide bonds. The third-order valence-electron chi connectivity index (χ3n) is 2.01. The highest BCUT2D eigenvalue weighted by molar-refractivity contribution is 5.68. The summed E-state index contributed by atoms with van der Waals surface area (Å²) in [6.07, 6.45) is -0.314. The minimum Gasteiger partial charge on any atom is -0.444 e. The van der Waals surface area contributed by atoms with Gasteiger partial charge in [-0.2, -0.15) is 0 Å². The van der Waals surface area contributed by atoms with Crippen LogP contribution in [0.25, 0.3) is 0 Å². The lowest BCUT2D eigenvalue weighted by atomic mass is 10.0. The van der Waals surface area contributed by atoms with E-state index in [1.807, 2.05) is 34.6 Å². The van der Waals surface area contributed by atoms with Crippen LogP contribution in [0.4, 0.5) is 4.79 Å². The second-order valence-corrected chi connectivity index (χ2v) is 5.62. The Labute approximate surface area is 98.4 Å². The van der Waals surface area contributed by atoms with Crippen LogP contribution < -0.4 is 5.32 Å². The summed E-state index contributed by atoms with van der Waals surface area (Å²) in [5.41, 5.74) is -0.509. The number of aliphatic hydroxyl groups is 1. The number of carbonyl (C=O) groups excluding carboxylic acids is 1. The van der Waals surface area contributed by atoms with Crippen molar-refractivity contribution in [1.29, 1.82) is 0 Å². The molecular weight excluding hydrogens is 206 g/mol. The molecule has 0 rings (SSSR count). The van der Waals surface area contributed by atoms with Gasteiger partial charge in [-0.05, 0) is 40.0 Å². The van der Waals surface area contributed by atoms with Crippen molar-refractivity contribution in [2.75, 3.05) is 0 Å². The second kappa shape index (κ2) is 6.09. The first kappa shape index (κ1) is 15.2. The van der Waals surface area contributed by atoms with E-state index in [1.165, 1.54) is 0 Å². The van der Waals surface area contributed by atoms with E-state index in [0.29, 0.717) is 5.92 Å². The lowest BCUT2D eigenvalue weighted by Gasteiger charge is -2.26. The quantitative estimate of drug-likeness (QED) is 0.780. The first-order valence-electron chi connectivity index (χ1n) is 5.79. The molecule has 2 atom stereocenters. The lowest BCUT2D eigenvalue weighted by molar-refractivity contribution is 0.0422. The van der Waals surface area contributed by atoms with Crippen LogP contribution in [0.1, 0.15) is 48.0 Å². The Kier molecular flexibility index (Phi) is 5.79. The first-order valence-corrected chi connectivity index (χ1v) is 5.79. The summed E-state index contributed by atoms with van der Waals surface area (Å²) >= 11 is 0. The molecular formula is C12H25NO3. The van der Waals surface area contributed by atoms with Crippen molar-refractivity contribution >= 4 is 6.09 Å². The Balaban J connectivity index is 4.24. The molecule has 96 valence electrons. The molecule has 2 N–H and O–H groups in total. The van der Waals surface area contributed by atoms with Gasteiger partial charge < -0.3 is 15.2 Å². The molecule has 4 heteroatoms. The van der Waals surface area contributed by atoms with Crippen molar-refractivity contribution in [3.63, 3.8) is 0 Å². The molecule has 16 heavy (non-hydrogen) atoms. The maximum absolute atomic E-state index is 11.5. The first-order chi connectivity index (χ1) is 7.11. The molecule has 0 aliphatic heterocycles. The highest BCUT2D eigenvalue weighted by Crippen LogP contribution is 2.11. The van der Waals surface area contributed by atoms with E-state index in [-0.39, 0.29) is 6.04 Å². The summed E-state index contributed by atoms with van der Waals surface area (Å²) in [5.74, 6) is 0.412. The van der Waals surface area contributed by atoms with Crippen molar-refractivity contribution in [3.05, 3.63) is 0 Å². The van der Waals surface area contributed by atoms with Crippen LogP contribution in [0.5, 0.6) is 0 Å². The summed E-state index contributed by atoms with van der Waals surface area (Å²) < 4.78 is 5.14. The van der Waals surface area contributed by atoms with Gasteiger partial charge in [0.15, 0.2) is 0 Å². The molecule has 0 aliphatic carbocycles. The number of nitrogens with one attached hydrogen (secondary N) is 1. The normalized spacial score (nSPS) is 15.8. The molecule has 0 saturated carbocycles. The van der Waals surface area contributed by atoms with Gasteiger partial charge in [0.2, 0.25) is 0 Å². The predicted molar refractivity (Wildman–Crippen MR) is 64.3 cm³/mol. The van der Waals surface area contributed by atoms with Crippen LogP contribution in [0.2, 0.25) is 0 Å². The van der Waals surface area contributed by atoms with Gasteiger partial charge in [0.05, 0.1) is 12.1 Å². The zero-order valence-electron chi connectivity index (χ0n) is 11.2. The number of aliphatic hydroxyl groups excluding tert-OH is 1. The Hall–Kier alpha value is -0.770. The summed E-state index contributed by atoms with van der Waals surface area (Å²) in [7, 11) is 0. The Morgan fingerprint density at radius 2 is 1.81 bits per heavy atom. The van der Waals surface area contributed by atoms with Crippen molar-refractivity contribution < 1.29 is 14.6 Å². The fourth-order valence-corrected chi connectivity index (χ4v) is 1.34. The van der Waals surface area contributed by atoms with Gasteiger partial charge in [-0.15, -0.1) is 0 Å². The van der Waals surface area contributed by atoms with E-state index < -0.39 is 17.8 Å². The molecule has 0 aromatic rings. The molecule has 0 aromatic carbocycles. The third-order valence-corrected chi connectivity index (χ3v) is 2.01. The van der Waals surface area contributed by atoms with Gasteiger partial charge in [-0.1, -0.05) is 13.8 Å². The SMILES string of the molecule is CC(C)C[C@@H](NC(=O)OC(C)(C)C)[C@@H](C)O. The molecule has 0 saturated heterocycles. The van der Waals surface area contributed by atoms with Gasteiger partial charge in [0.1, 0.15) is 5.60 Å². The van der Waals surface area contributed by atoms with Gasteiger partial charge >= 0.3 is 6.09 Å². The molecule has 0 unspecified atom stereocenters. The summed E-state index contributed by atoms with van der Waals surface area (Å²) in [5, 5.41) is 12.2.